The molecule has 1 nitrogen and oxygen atoms in total. The first-order valence-corrected chi connectivity index (χ1v) is 6.74. The van der Waals surface area contributed by atoms with Crippen LogP contribution in [0.25, 0.3) is 0 Å². The minimum absolute atomic E-state index is 0.641. The van der Waals surface area contributed by atoms with E-state index < -0.39 is 0 Å². The molecule has 0 saturated heterocycles. The lowest BCUT2D eigenvalue weighted by atomic mass is 9.73. The summed E-state index contributed by atoms with van der Waals surface area (Å²) in [7, 11) is 0. The van der Waals surface area contributed by atoms with Crippen molar-refractivity contribution in [3.63, 3.8) is 0 Å². The maximum atomic E-state index is 3.69. The van der Waals surface area contributed by atoms with E-state index in [1.807, 2.05) is 0 Å². The Bertz CT molecular complexity index is 209. The molecule has 15 heavy (non-hydrogen) atoms. The van der Waals surface area contributed by atoms with Gasteiger partial charge in [0, 0.05) is 6.54 Å². The van der Waals surface area contributed by atoms with Crippen molar-refractivity contribution in [2.75, 3.05) is 13.1 Å². The van der Waals surface area contributed by atoms with E-state index in [1.54, 1.807) is 6.42 Å². The minimum atomic E-state index is 0.641. The quantitative estimate of drug-likeness (QED) is 0.732. The zero-order valence-corrected chi connectivity index (χ0v) is 10.8. The summed E-state index contributed by atoms with van der Waals surface area (Å²) < 4.78 is 0. The summed E-state index contributed by atoms with van der Waals surface area (Å²) in [5.74, 6) is 3.84. The van der Waals surface area contributed by atoms with E-state index in [-0.39, 0.29) is 0 Å². The Hall–Kier alpha value is -0.0400. The Balaban J connectivity index is 1.84. The molecule has 0 amide bonds. The van der Waals surface area contributed by atoms with Gasteiger partial charge < -0.3 is 5.32 Å². The molecule has 1 heteroatoms. The summed E-state index contributed by atoms with van der Waals surface area (Å²) in [4.78, 5) is 0. The van der Waals surface area contributed by atoms with Crippen molar-refractivity contribution in [1.29, 1.82) is 0 Å². The van der Waals surface area contributed by atoms with Crippen molar-refractivity contribution < 1.29 is 0 Å². The predicted octanol–water partition coefficient (Wildman–Crippen LogP) is 3.30. The third-order valence-corrected chi connectivity index (χ3v) is 4.66. The van der Waals surface area contributed by atoms with Gasteiger partial charge in [-0.1, -0.05) is 27.7 Å². The van der Waals surface area contributed by atoms with Gasteiger partial charge in [0.1, 0.15) is 0 Å². The van der Waals surface area contributed by atoms with Crippen molar-refractivity contribution >= 4 is 0 Å². The molecular weight excluding hydrogens is 182 g/mol. The number of rotatable bonds is 5. The van der Waals surface area contributed by atoms with Gasteiger partial charge in [0.2, 0.25) is 0 Å². The average molecular weight is 209 g/mol. The Morgan fingerprint density at radius 1 is 1.13 bits per heavy atom. The summed E-state index contributed by atoms with van der Waals surface area (Å²) in [6, 6.07) is 0. The molecule has 0 heterocycles. The molecule has 2 rings (SSSR count). The molecule has 2 aliphatic carbocycles. The summed E-state index contributed by atoms with van der Waals surface area (Å²) in [5.41, 5.74) is 0.641. The lowest BCUT2D eigenvalue weighted by Crippen LogP contribution is -2.38. The summed E-state index contributed by atoms with van der Waals surface area (Å²) in [5, 5.41) is 3.69. The third-order valence-electron chi connectivity index (χ3n) is 4.66. The molecular formula is C14H27N. The van der Waals surface area contributed by atoms with Crippen LogP contribution in [0.1, 0.15) is 47.0 Å². The maximum absolute atomic E-state index is 3.69. The van der Waals surface area contributed by atoms with Crippen LogP contribution in [-0.4, -0.2) is 13.1 Å². The molecule has 2 aliphatic rings. The van der Waals surface area contributed by atoms with Gasteiger partial charge in [0.15, 0.2) is 0 Å². The molecule has 0 aromatic rings. The van der Waals surface area contributed by atoms with E-state index in [4.69, 9.17) is 0 Å². The standard InChI is InChI=1S/C14H27N/c1-10(2)8-15-9-14(11(3)4)6-12-5-13(12)7-14/h10-13,15H,5-9H2,1-4H3. The second kappa shape index (κ2) is 4.08. The normalized spacial score (nSPS) is 38.8. The predicted molar refractivity (Wildman–Crippen MR) is 65.8 cm³/mol. The van der Waals surface area contributed by atoms with Crippen LogP contribution in [0.3, 0.4) is 0 Å². The van der Waals surface area contributed by atoms with E-state index in [0.29, 0.717) is 5.41 Å². The molecule has 2 fully saturated rings. The first-order chi connectivity index (χ1) is 7.03. The molecule has 2 atom stereocenters. The molecule has 2 saturated carbocycles. The van der Waals surface area contributed by atoms with E-state index >= 15 is 0 Å². The molecule has 2 unspecified atom stereocenters. The van der Waals surface area contributed by atoms with Gasteiger partial charge in [-0.3, -0.25) is 0 Å². The van der Waals surface area contributed by atoms with Crippen LogP contribution < -0.4 is 5.32 Å². The average Bonchev–Trinajstić information content (AvgIpc) is 2.74. The van der Waals surface area contributed by atoms with Gasteiger partial charge in [-0.15, -0.1) is 0 Å². The van der Waals surface area contributed by atoms with Gasteiger partial charge in [-0.2, -0.15) is 0 Å². The van der Waals surface area contributed by atoms with E-state index in [2.05, 4.69) is 33.0 Å². The zero-order chi connectivity index (χ0) is 11.1. The Morgan fingerprint density at radius 2 is 1.73 bits per heavy atom. The van der Waals surface area contributed by atoms with Crippen LogP contribution in [-0.2, 0) is 0 Å². The highest BCUT2D eigenvalue weighted by Crippen LogP contribution is 2.62. The first kappa shape index (κ1) is 11.4. The van der Waals surface area contributed by atoms with Crippen LogP contribution in [0.2, 0.25) is 0 Å². The molecule has 0 spiro atoms. The highest BCUT2D eigenvalue weighted by molar-refractivity contribution is 5.05. The van der Waals surface area contributed by atoms with Crippen LogP contribution >= 0.6 is 0 Å². The van der Waals surface area contributed by atoms with Crippen molar-refractivity contribution in [2.45, 2.75) is 47.0 Å². The largest absolute Gasteiger partial charge is 0.316 e. The summed E-state index contributed by atoms with van der Waals surface area (Å²) >= 11 is 0. The first-order valence-electron chi connectivity index (χ1n) is 6.74. The summed E-state index contributed by atoms with van der Waals surface area (Å²) in [6.45, 7) is 11.9. The molecule has 1 N–H and O–H groups in total. The highest BCUT2D eigenvalue weighted by Gasteiger charge is 2.54. The smallest absolute Gasteiger partial charge is 0.00106 e. The minimum Gasteiger partial charge on any atom is -0.316 e. The number of hydrogen-bond donors (Lipinski definition) is 1. The SMILES string of the molecule is CC(C)CNCC1(C(C)C)CC2CC2C1. The van der Waals surface area contributed by atoms with E-state index in [0.717, 1.165) is 23.7 Å². The second-order valence-electron chi connectivity index (χ2n) is 6.71. The van der Waals surface area contributed by atoms with Gasteiger partial charge >= 0.3 is 0 Å². The van der Waals surface area contributed by atoms with Crippen LogP contribution in [0, 0.1) is 29.1 Å². The zero-order valence-electron chi connectivity index (χ0n) is 10.8. The highest BCUT2D eigenvalue weighted by atomic mass is 14.9. The van der Waals surface area contributed by atoms with Gasteiger partial charge in [-0.05, 0) is 54.9 Å². The van der Waals surface area contributed by atoms with Gasteiger partial charge in [0.25, 0.3) is 0 Å². The lowest BCUT2D eigenvalue weighted by Gasteiger charge is -2.36. The van der Waals surface area contributed by atoms with E-state index in [1.165, 1.54) is 25.9 Å². The number of nitrogens with one attached hydrogen (secondary N) is 1. The van der Waals surface area contributed by atoms with Crippen molar-refractivity contribution in [2.24, 2.45) is 29.1 Å². The fraction of sp³-hybridized carbons (Fsp3) is 1.00. The van der Waals surface area contributed by atoms with Crippen LogP contribution in [0.15, 0.2) is 0 Å². The third kappa shape index (κ3) is 2.38. The Labute approximate surface area is 95.0 Å². The second-order valence-corrected chi connectivity index (χ2v) is 6.71. The van der Waals surface area contributed by atoms with Crippen molar-refractivity contribution in [3.8, 4) is 0 Å². The lowest BCUT2D eigenvalue weighted by molar-refractivity contribution is 0.165. The topological polar surface area (TPSA) is 12.0 Å². The molecule has 0 bridgehead atoms. The van der Waals surface area contributed by atoms with Crippen molar-refractivity contribution in [3.05, 3.63) is 0 Å². The Kier molecular flexibility index (Phi) is 3.12. The molecule has 0 aromatic carbocycles. The maximum Gasteiger partial charge on any atom is 0.00106 e. The monoisotopic (exact) mass is 209 g/mol. The Morgan fingerprint density at radius 3 is 2.20 bits per heavy atom. The van der Waals surface area contributed by atoms with E-state index in [9.17, 15) is 0 Å². The van der Waals surface area contributed by atoms with Gasteiger partial charge in [0.05, 0.1) is 0 Å². The fourth-order valence-electron chi connectivity index (χ4n) is 3.37. The van der Waals surface area contributed by atoms with Crippen LogP contribution in [0.5, 0.6) is 0 Å². The number of hydrogen-bond acceptors (Lipinski definition) is 1. The molecule has 0 aliphatic heterocycles. The molecule has 0 aromatic heterocycles. The summed E-state index contributed by atoms with van der Waals surface area (Å²) in [6.07, 6.45) is 4.54. The number of fused-ring (bicyclic) bond motifs is 1. The van der Waals surface area contributed by atoms with Gasteiger partial charge in [-0.25, -0.2) is 0 Å². The molecule has 88 valence electrons. The molecule has 0 radical (unpaired) electrons. The van der Waals surface area contributed by atoms with Crippen LogP contribution in [0.4, 0.5) is 0 Å². The van der Waals surface area contributed by atoms with Crippen molar-refractivity contribution in [1.82, 2.24) is 5.32 Å². The fourth-order valence-corrected chi connectivity index (χ4v) is 3.37.